The average molecular weight is 287 g/mol. The zero-order chi connectivity index (χ0) is 15.1. The van der Waals surface area contributed by atoms with E-state index in [9.17, 15) is 4.79 Å². The lowest BCUT2D eigenvalue weighted by Crippen LogP contribution is -2.33. The van der Waals surface area contributed by atoms with Gasteiger partial charge in [0.1, 0.15) is 5.82 Å². The quantitative estimate of drug-likeness (QED) is 0.811. The van der Waals surface area contributed by atoms with Gasteiger partial charge in [0.15, 0.2) is 0 Å². The number of benzene rings is 1. The van der Waals surface area contributed by atoms with E-state index in [-0.39, 0.29) is 11.7 Å². The van der Waals surface area contributed by atoms with Crippen LogP contribution >= 0.6 is 0 Å². The van der Waals surface area contributed by atoms with E-state index in [1.165, 1.54) is 0 Å². The number of aromatic nitrogens is 3. The SMILES string of the molecule is CCCc1nc(C(=O)NCCN(C)c2ccccc2)n[nH]1. The molecule has 0 aliphatic heterocycles. The Morgan fingerprint density at radius 2 is 2.10 bits per heavy atom. The molecule has 2 N–H and O–H groups in total. The van der Waals surface area contributed by atoms with E-state index in [1.807, 2.05) is 37.4 Å². The maximum atomic E-state index is 11.9. The highest BCUT2D eigenvalue weighted by atomic mass is 16.2. The van der Waals surface area contributed by atoms with Gasteiger partial charge in [-0.25, -0.2) is 4.98 Å². The van der Waals surface area contributed by atoms with Gasteiger partial charge in [-0.2, -0.15) is 0 Å². The van der Waals surface area contributed by atoms with Gasteiger partial charge in [0.2, 0.25) is 5.82 Å². The van der Waals surface area contributed by atoms with Gasteiger partial charge < -0.3 is 10.2 Å². The predicted octanol–water partition coefficient (Wildman–Crippen LogP) is 1.62. The second-order valence-corrected chi connectivity index (χ2v) is 4.87. The predicted molar refractivity (Wildman–Crippen MR) is 82.4 cm³/mol. The first-order valence-electron chi connectivity index (χ1n) is 7.16. The molecular weight excluding hydrogens is 266 g/mol. The highest BCUT2D eigenvalue weighted by molar-refractivity contribution is 5.90. The highest BCUT2D eigenvalue weighted by Gasteiger charge is 2.11. The largest absolute Gasteiger partial charge is 0.373 e. The van der Waals surface area contributed by atoms with Crippen molar-refractivity contribution >= 4 is 11.6 Å². The number of carbonyl (C=O) groups is 1. The Bertz CT molecular complexity index is 566. The summed E-state index contributed by atoms with van der Waals surface area (Å²) in [7, 11) is 1.99. The summed E-state index contributed by atoms with van der Waals surface area (Å²) >= 11 is 0. The second-order valence-electron chi connectivity index (χ2n) is 4.87. The first kappa shape index (κ1) is 15.0. The van der Waals surface area contributed by atoms with Crippen LogP contribution in [-0.4, -0.2) is 41.2 Å². The lowest BCUT2D eigenvalue weighted by atomic mass is 10.3. The summed E-state index contributed by atoms with van der Waals surface area (Å²) in [4.78, 5) is 18.2. The van der Waals surface area contributed by atoms with Gasteiger partial charge in [-0.15, -0.1) is 5.10 Å². The van der Waals surface area contributed by atoms with Crippen LogP contribution in [0.2, 0.25) is 0 Å². The van der Waals surface area contributed by atoms with Gasteiger partial charge in [-0.3, -0.25) is 9.89 Å². The Kier molecular flexibility index (Phi) is 5.31. The summed E-state index contributed by atoms with van der Waals surface area (Å²) < 4.78 is 0. The van der Waals surface area contributed by atoms with Crippen molar-refractivity contribution in [2.75, 3.05) is 25.0 Å². The van der Waals surface area contributed by atoms with Crippen molar-refractivity contribution in [3.63, 3.8) is 0 Å². The van der Waals surface area contributed by atoms with Crippen LogP contribution < -0.4 is 10.2 Å². The monoisotopic (exact) mass is 287 g/mol. The number of rotatable bonds is 7. The number of aryl methyl sites for hydroxylation is 1. The number of carbonyl (C=O) groups excluding carboxylic acids is 1. The molecule has 2 aromatic rings. The van der Waals surface area contributed by atoms with Gasteiger partial charge in [-0.05, 0) is 18.6 Å². The van der Waals surface area contributed by atoms with Crippen LogP contribution in [0, 0.1) is 0 Å². The first-order valence-corrected chi connectivity index (χ1v) is 7.16. The number of nitrogens with one attached hydrogen (secondary N) is 2. The van der Waals surface area contributed by atoms with Gasteiger partial charge in [0.05, 0.1) is 0 Å². The molecule has 0 saturated heterocycles. The molecular formula is C15H21N5O. The summed E-state index contributed by atoms with van der Waals surface area (Å²) in [6.07, 6.45) is 1.77. The normalized spacial score (nSPS) is 10.4. The minimum atomic E-state index is -0.241. The van der Waals surface area contributed by atoms with E-state index in [4.69, 9.17) is 0 Å². The van der Waals surface area contributed by atoms with E-state index >= 15 is 0 Å². The molecule has 0 unspecified atom stereocenters. The fourth-order valence-electron chi connectivity index (χ4n) is 1.97. The number of anilines is 1. The third-order valence-electron chi connectivity index (χ3n) is 3.15. The third-order valence-corrected chi connectivity index (χ3v) is 3.15. The third kappa shape index (κ3) is 4.30. The van der Waals surface area contributed by atoms with Crippen LogP contribution in [0.25, 0.3) is 0 Å². The number of hydrogen-bond donors (Lipinski definition) is 2. The van der Waals surface area contributed by atoms with Crippen molar-refractivity contribution in [3.05, 3.63) is 42.0 Å². The van der Waals surface area contributed by atoms with Crippen LogP contribution in [0.3, 0.4) is 0 Å². The molecule has 0 radical (unpaired) electrons. The van der Waals surface area contributed by atoms with Crippen LogP contribution in [-0.2, 0) is 6.42 Å². The zero-order valence-corrected chi connectivity index (χ0v) is 12.5. The van der Waals surface area contributed by atoms with E-state index < -0.39 is 0 Å². The maximum absolute atomic E-state index is 11.9. The van der Waals surface area contributed by atoms with E-state index in [2.05, 4.69) is 32.3 Å². The number of amides is 1. The van der Waals surface area contributed by atoms with Gasteiger partial charge >= 0.3 is 0 Å². The highest BCUT2D eigenvalue weighted by Crippen LogP contribution is 2.09. The Balaban J connectivity index is 1.78. The van der Waals surface area contributed by atoms with Crippen molar-refractivity contribution in [1.82, 2.24) is 20.5 Å². The second kappa shape index (κ2) is 7.42. The van der Waals surface area contributed by atoms with E-state index in [0.717, 1.165) is 30.9 Å². The van der Waals surface area contributed by atoms with Gasteiger partial charge in [0, 0.05) is 32.2 Å². The smallest absolute Gasteiger partial charge is 0.291 e. The van der Waals surface area contributed by atoms with Gasteiger partial charge in [-0.1, -0.05) is 25.1 Å². The number of aromatic amines is 1. The fourth-order valence-corrected chi connectivity index (χ4v) is 1.97. The molecule has 0 fully saturated rings. The minimum absolute atomic E-state index is 0.209. The standard InChI is InChI=1S/C15H21N5O/c1-3-7-13-17-14(19-18-13)15(21)16-10-11-20(2)12-8-5-4-6-9-12/h4-6,8-9H,3,7,10-11H2,1-2H3,(H,16,21)(H,17,18,19). The van der Waals surface area contributed by atoms with Crippen LogP contribution in [0.5, 0.6) is 0 Å². The van der Waals surface area contributed by atoms with Crippen molar-refractivity contribution in [2.24, 2.45) is 0 Å². The fraction of sp³-hybridized carbons (Fsp3) is 0.400. The number of para-hydroxylation sites is 1. The molecule has 6 heteroatoms. The first-order chi connectivity index (χ1) is 10.2. The molecule has 0 aliphatic carbocycles. The summed E-state index contributed by atoms with van der Waals surface area (Å²) in [6, 6.07) is 10.0. The molecule has 1 amide bonds. The number of likely N-dealkylation sites (N-methyl/N-ethyl adjacent to an activating group) is 1. The number of hydrogen-bond acceptors (Lipinski definition) is 4. The van der Waals surface area contributed by atoms with Crippen LogP contribution in [0.1, 0.15) is 29.8 Å². The molecule has 1 heterocycles. The van der Waals surface area contributed by atoms with Crippen LogP contribution in [0.15, 0.2) is 30.3 Å². The number of nitrogens with zero attached hydrogens (tertiary/aromatic N) is 3. The topological polar surface area (TPSA) is 73.9 Å². The van der Waals surface area contributed by atoms with E-state index in [1.54, 1.807) is 0 Å². The minimum Gasteiger partial charge on any atom is -0.373 e. The Morgan fingerprint density at radius 1 is 1.33 bits per heavy atom. The number of H-pyrrole nitrogens is 1. The zero-order valence-electron chi connectivity index (χ0n) is 12.5. The maximum Gasteiger partial charge on any atom is 0.291 e. The average Bonchev–Trinajstić information content (AvgIpc) is 2.97. The van der Waals surface area contributed by atoms with Gasteiger partial charge in [0.25, 0.3) is 5.91 Å². The molecule has 0 aliphatic rings. The summed E-state index contributed by atoms with van der Waals surface area (Å²) in [5.74, 6) is 0.722. The summed E-state index contributed by atoms with van der Waals surface area (Å²) in [5.41, 5.74) is 1.12. The lowest BCUT2D eigenvalue weighted by molar-refractivity contribution is 0.0944. The molecule has 1 aromatic heterocycles. The summed E-state index contributed by atoms with van der Waals surface area (Å²) in [6.45, 7) is 3.32. The lowest BCUT2D eigenvalue weighted by Gasteiger charge is -2.19. The van der Waals surface area contributed by atoms with Crippen molar-refractivity contribution in [2.45, 2.75) is 19.8 Å². The molecule has 0 spiro atoms. The van der Waals surface area contributed by atoms with Crippen LogP contribution in [0.4, 0.5) is 5.69 Å². The molecule has 6 nitrogen and oxygen atoms in total. The van der Waals surface area contributed by atoms with Crippen molar-refractivity contribution in [1.29, 1.82) is 0 Å². The van der Waals surface area contributed by atoms with E-state index in [0.29, 0.717) is 6.54 Å². The van der Waals surface area contributed by atoms with Crippen molar-refractivity contribution in [3.8, 4) is 0 Å². The summed E-state index contributed by atoms with van der Waals surface area (Å²) in [5, 5.41) is 9.54. The Hall–Kier alpha value is -2.37. The Morgan fingerprint density at radius 3 is 2.81 bits per heavy atom. The Labute approximate surface area is 124 Å². The molecule has 0 atom stereocenters. The molecule has 112 valence electrons. The molecule has 1 aromatic carbocycles. The van der Waals surface area contributed by atoms with Crippen molar-refractivity contribution < 1.29 is 4.79 Å². The molecule has 2 rings (SSSR count). The molecule has 21 heavy (non-hydrogen) atoms. The molecule has 0 saturated carbocycles. The molecule has 0 bridgehead atoms.